The number of rotatable bonds is 2. The van der Waals surface area contributed by atoms with Crippen LogP contribution in [0.4, 0.5) is 0 Å². The largest absolute Gasteiger partial charge is 0.378 e. The molecule has 4 heteroatoms. The first-order chi connectivity index (χ1) is 9.22. The molecule has 0 amide bonds. The molecule has 0 radical (unpaired) electrons. The first-order valence-corrected chi connectivity index (χ1v) is 7.81. The van der Waals surface area contributed by atoms with Crippen LogP contribution in [0, 0.1) is 0 Å². The van der Waals surface area contributed by atoms with Crippen molar-refractivity contribution in [3.8, 4) is 11.3 Å². The van der Waals surface area contributed by atoms with E-state index in [2.05, 4.69) is 12.3 Å². The first-order valence-electron chi connectivity index (χ1n) is 6.55. The summed E-state index contributed by atoms with van der Waals surface area (Å²) in [4.78, 5) is 4.79. The van der Waals surface area contributed by atoms with Gasteiger partial charge < -0.3 is 4.74 Å². The summed E-state index contributed by atoms with van der Waals surface area (Å²) in [6.07, 6.45) is 2.51. The molecule has 0 spiro atoms. The quantitative estimate of drug-likeness (QED) is 0.797. The fourth-order valence-corrected chi connectivity index (χ4v) is 3.56. The minimum atomic E-state index is 0.349. The van der Waals surface area contributed by atoms with Gasteiger partial charge in [-0.1, -0.05) is 23.7 Å². The van der Waals surface area contributed by atoms with E-state index in [0.29, 0.717) is 12.0 Å². The van der Waals surface area contributed by atoms with Crippen molar-refractivity contribution in [3.05, 3.63) is 39.7 Å². The summed E-state index contributed by atoms with van der Waals surface area (Å²) in [7, 11) is 0. The Hall–Kier alpha value is -0.900. The van der Waals surface area contributed by atoms with Crippen LogP contribution in [0.25, 0.3) is 11.3 Å². The number of nitrogens with zero attached hydrogens (tertiary/aromatic N) is 1. The van der Waals surface area contributed by atoms with Crippen LogP contribution in [0.2, 0.25) is 5.02 Å². The summed E-state index contributed by atoms with van der Waals surface area (Å²) in [5, 5.41) is 4.14. The van der Waals surface area contributed by atoms with Crippen LogP contribution >= 0.6 is 22.9 Å². The third-order valence-electron chi connectivity index (χ3n) is 3.50. The molecule has 1 aromatic heterocycles. The highest BCUT2D eigenvalue weighted by atomic mass is 35.5. The molecule has 1 aliphatic heterocycles. The van der Waals surface area contributed by atoms with Crippen LogP contribution < -0.4 is 0 Å². The van der Waals surface area contributed by atoms with Crippen molar-refractivity contribution in [1.29, 1.82) is 0 Å². The van der Waals surface area contributed by atoms with Crippen molar-refractivity contribution in [1.82, 2.24) is 4.98 Å². The molecule has 2 aromatic rings. The monoisotopic (exact) mass is 293 g/mol. The number of ether oxygens (including phenoxy) is 1. The summed E-state index contributed by atoms with van der Waals surface area (Å²) < 4.78 is 5.60. The molecule has 0 N–H and O–H groups in total. The zero-order valence-electron chi connectivity index (χ0n) is 10.8. The van der Waals surface area contributed by atoms with Gasteiger partial charge >= 0.3 is 0 Å². The van der Waals surface area contributed by atoms with E-state index in [0.717, 1.165) is 35.7 Å². The molecule has 2 heterocycles. The van der Waals surface area contributed by atoms with E-state index in [-0.39, 0.29) is 0 Å². The van der Waals surface area contributed by atoms with Crippen LogP contribution in [0.5, 0.6) is 0 Å². The molecule has 1 fully saturated rings. The van der Waals surface area contributed by atoms with Gasteiger partial charge in [-0.25, -0.2) is 4.98 Å². The fraction of sp³-hybridized carbons (Fsp3) is 0.400. The molecule has 2 atom stereocenters. The van der Waals surface area contributed by atoms with Crippen LogP contribution in [0.1, 0.15) is 30.7 Å². The minimum Gasteiger partial charge on any atom is -0.378 e. The summed E-state index contributed by atoms with van der Waals surface area (Å²) in [5.74, 6) is 0.551. The van der Waals surface area contributed by atoms with Gasteiger partial charge in [-0.3, -0.25) is 0 Å². The van der Waals surface area contributed by atoms with E-state index in [1.807, 2.05) is 24.3 Å². The van der Waals surface area contributed by atoms with Gasteiger partial charge in [0.1, 0.15) is 0 Å². The molecule has 1 aromatic carbocycles. The Bertz CT molecular complexity index is 552. The predicted octanol–water partition coefficient (Wildman–Crippen LogP) is 4.75. The van der Waals surface area contributed by atoms with Crippen molar-refractivity contribution >= 4 is 22.9 Å². The van der Waals surface area contributed by atoms with Gasteiger partial charge in [0.15, 0.2) is 0 Å². The Morgan fingerprint density at radius 3 is 2.84 bits per heavy atom. The summed E-state index contributed by atoms with van der Waals surface area (Å²) >= 11 is 7.67. The molecule has 0 saturated carbocycles. The zero-order valence-corrected chi connectivity index (χ0v) is 12.4. The second kappa shape index (κ2) is 5.61. The normalized spacial score (nSPS) is 23.5. The number of aromatic nitrogens is 1. The second-order valence-electron chi connectivity index (χ2n) is 4.98. The summed E-state index contributed by atoms with van der Waals surface area (Å²) in [6.45, 7) is 2.99. The van der Waals surface area contributed by atoms with Crippen molar-refractivity contribution in [2.45, 2.75) is 31.8 Å². The number of hydrogen-bond donors (Lipinski definition) is 0. The number of hydrogen-bond acceptors (Lipinski definition) is 3. The lowest BCUT2D eigenvalue weighted by molar-refractivity contribution is 0.0186. The van der Waals surface area contributed by atoms with E-state index in [1.54, 1.807) is 11.3 Å². The number of halogens is 1. The molecule has 1 saturated heterocycles. The molecule has 0 aliphatic carbocycles. The van der Waals surface area contributed by atoms with Crippen LogP contribution in [-0.2, 0) is 4.74 Å². The van der Waals surface area contributed by atoms with Crippen molar-refractivity contribution in [3.63, 3.8) is 0 Å². The van der Waals surface area contributed by atoms with E-state index in [9.17, 15) is 0 Å². The Morgan fingerprint density at radius 1 is 1.32 bits per heavy atom. The molecule has 19 heavy (non-hydrogen) atoms. The average molecular weight is 294 g/mol. The third kappa shape index (κ3) is 2.99. The fourth-order valence-electron chi connectivity index (χ4n) is 2.45. The third-order valence-corrected chi connectivity index (χ3v) is 4.76. The van der Waals surface area contributed by atoms with Gasteiger partial charge in [0, 0.05) is 28.5 Å². The van der Waals surface area contributed by atoms with Gasteiger partial charge in [-0.05, 0) is 31.9 Å². The average Bonchev–Trinajstić information content (AvgIpc) is 2.89. The maximum atomic E-state index is 5.91. The summed E-state index contributed by atoms with van der Waals surface area (Å²) in [6, 6.07) is 7.86. The smallest absolute Gasteiger partial charge is 0.0965 e. The van der Waals surface area contributed by atoms with E-state index in [1.165, 1.54) is 5.01 Å². The highest BCUT2D eigenvalue weighted by molar-refractivity contribution is 7.10. The van der Waals surface area contributed by atoms with Gasteiger partial charge in [-0.2, -0.15) is 0 Å². The Morgan fingerprint density at radius 2 is 2.11 bits per heavy atom. The molecule has 1 aliphatic rings. The maximum Gasteiger partial charge on any atom is 0.0965 e. The Kier molecular flexibility index (Phi) is 3.87. The molecular formula is C15H16ClNOS. The lowest BCUT2D eigenvalue weighted by atomic mass is 9.97. The topological polar surface area (TPSA) is 22.1 Å². The number of benzene rings is 1. The van der Waals surface area contributed by atoms with Crippen LogP contribution in [0.3, 0.4) is 0 Å². The van der Waals surface area contributed by atoms with Crippen molar-refractivity contribution in [2.75, 3.05) is 6.61 Å². The molecule has 2 nitrogen and oxygen atoms in total. The van der Waals surface area contributed by atoms with E-state index in [4.69, 9.17) is 21.3 Å². The van der Waals surface area contributed by atoms with Crippen LogP contribution in [0.15, 0.2) is 29.6 Å². The van der Waals surface area contributed by atoms with Crippen molar-refractivity contribution < 1.29 is 4.74 Å². The maximum absolute atomic E-state index is 5.91. The second-order valence-corrected chi connectivity index (χ2v) is 6.31. The Balaban J connectivity index is 1.81. The van der Waals surface area contributed by atoms with Crippen LogP contribution in [-0.4, -0.2) is 17.7 Å². The van der Waals surface area contributed by atoms with Gasteiger partial charge in [0.2, 0.25) is 0 Å². The summed E-state index contributed by atoms with van der Waals surface area (Å²) in [5.41, 5.74) is 2.18. The molecule has 3 rings (SSSR count). The SMILES string of the molecule is CC1CC(c2nc(-c3ccc(Cl)cc3)cs2)CCO1. The van der Waals surface area contributed by atoms with Gasteiger partial charge in [-0.15, -0.1) is 11.3 Å². The van der Waals surface area contributed by atoms with Gasteiger partial charge in [0.05, 0.1) is 16.8 Å². The lowest BCUT2D eigenvalue weighted by Gasteiger charge is -2.25. The first kappa shape index (κ1) is 13.1. The zero-order chi connectivity index (χ0) is 13.2. The number of thiazole rings is 1. The van der Waals surface area contributed by atoms with Gasteiger partial charge in [0.25, 0.3) is 0 Å². The molecule has 0 bridgehead atoms. The lowest BCUT2D eigenvalue weighted by Crippen LogP contribution is -2.21. The Labute approximate surface area is 122 Å². The van der Waals surface area contributed by atoms with E-state index >= 15 is 0 Å². The molecule has 2 unspecified atom stereocenters. The predicted molar refractivity (Wildman–Crippen MR) is 79.9 cm³/mol. The highest BCUT2D eigenvalue weighted by Crippen LogP contribution is 2.34. The highest BCUT2D eigenvalue weighted by Gasteiger charge is 2.23. The van der Waals surface area contributed by atoms with E-state index < -0.39 is 0 Å². The minimum absolute atomic E-state index is 0.349. The standard InChI is InChI=1S/C15H16ClNOS/c1-10-8-12(6-7-18-10)15-17-14(9-19-15)11-2-4-13(16)5-3-11/h2-5,9-10,12H,6-8H2,1H3. The molecular weight excluding hydrogens is 278 g/mol. The molecule has 100 valence electrons. The van der Waals surface area contributed by atoms with Crippen molar-refractivity contribution in [2.24, 2.45) is 0 Å².